The van der Waals surface area contributed by atoms with E-state index in [1.807, 2.05) is 17.7 Å². The van der Waals surface area contributed by atoms with Crippen molar-refractivity contribution in [2.45, 2.75) is 24.8 Å². The van der Waals surface area contributed by atoms with Crippen molar-refractivity contribution in [3.05, 3.63) is 36.9 Å². The molecule has 1 unspecified atom stereocenters. The molecule has 6 heteroatoms. The van der Waals surface area contributed by atoms with Crippen molar-refractivity contribution in [3.63, 3.8) is 0 Å². The molecule has 2 N–H and O–H groups in total. The number of aromatic nitrogens is 2. The summed E-state index contributed by atoms with van der Waals surface area (Å²) < 4.78 is 19.7. The van der Waals surface area contributed by atoms with Gasteiger partial charge in [0.25, 0.3) is 0 Å². The molecular formula is C14H19N3O2S. The molecule has 0 spiro atoms. The fourth-order valence-corrected chi connectivity index (χ4v) is 3.07. The SMILES string of the molecule is CCOc1ccc(N)c(S(=O)CCCn2ccnc2)c1. The molecule has 2 rings (SSSR count). The average molecular weight is 293 g/mol. The number of hydrogen-bond donors (Lipinski definition) is 1. The molecule has 0 radical (unpaired) electrons. The lowest BCUT2D eigenvalue weighted by Crippen LogP contribution is -2.06. The Morgan fingerprint density at radius 1 is 1.45 bits per heavy atom. The fraction of sp³-hybridized carbons (Fsp3) is 0.357. The van der Waals surface area contributed by atoms with Crippen molar-refractivity contribution in [2.75, 3.05) is 18.1 Å². The lowest BCUT2D eigenvalue weighted by Gasteiger charge is -2.09. The lowest BCUT2D eigenvalue weighted by molar-refractivity contribution is 0.339. The van der Waals surface area contributed by atoms with Crippen molar-refractivity contribution < 1.29 is 8.95 Å². The first-order valence-electron chi connectivity index (χ1n) is 6.57. The maximum atomic E-state index is 12.3. The highest BCUT2D eigenvalue weighted by molar-refractivity contribution is 7.85. The summed E-state index contributed by atoms with van der Waals surface area (Å²) in [6.45, 7) is 3.30. The van der Waals surface area contributed by atoms with Gasteiger partial charge < -0.3 is 15.0 Å². The zero-order valence-electron chi connectivity index (χ0n) is 11.5. The first-order chi connectivity index (χ1) is 9.70. The van der Waals surface area contributed by atoms with E-state index in [1.54, 1.807) is 30.7 Å². The first-order valence-corrected chi connectivity index (χ1v) is 7.89. The minimum Gasteiger partial charge on any atom is -0.494 e. The number of nitrogens with two attached hydrogens (primary N) is 1. The third-order valence-electron chi connectivity index (χ3n) is 2.85. The lowest BCUT2D eigenvalue weighted by atomic mass is 10.3. The molecule has 5 nitrogen and oxygen atoms in total. The van der Waals surface area contributed by atoms with Gasteiger partial charge in [-0.05, 0) is 31.5 Å². The summed E-state index contributed by atoms with van der Waals surface area (Å²) in [5.74, 6) is 1.28. The number of aryl methyl sites for hydroxylation is 1. The van der Waals surface area contributed by atoms with E-state index in [1.165, 1.54) is 0 Å². The standard InChI is InChI=1S/C14H19N3O2S/c1-2-19-12-4-5-13(15)14(10-12)20(18)9-3-7-17-8-6-16-11-17/h4-6,8,10-11H,2-3,7,9,15H2,1H3. The van der Waals surface area contributed by atoms with Crippen molar-refractivity contribution in [3.8, 4) is 5.75 Å². The van der Waals surface area contributed by atoms with Gasteiger partial charge in [0.2, 0.25) is 0 Å². The minimum absolute atomic E-state index is 0.550. The van der Waals surface area contributed by atoms with Crippen molar-refractivity contribution in [1.29, 1.82) is 0 Å². The number of ether oxygens (including phenoxy) is 1. The van der Waals surface area contributed by atoms with E-state index in [0.29, 0.717) is 28.7 Å². The molecule has 0 saturated heterocycles. The van der Waals surface area contributed by atoms with E-state index in [9.17, 15) is 4.21 Å². The molecule has 0 aliphatic heterocycles. The van der Waals surface area contributed by atoms with E-state index in [0.717, 1.165) is 13.0 Å². The Balaban J connectivity index is 1.95. The van der Waals surface area contributed by atoms with Crippen molar-refractivity contribution in [1.82, 2.24) is 9.55 Å². The number of benzene rings is 1. The molecule has 1 heterocycles. The van der Waals surface area contributed by atoms with Crippen LogP contribution < -0.4 is 10.5 Å². The van der Waals surface area contributed by atoms with Crippen molar-refractivity contribution >= 4 is 16.5 Å². The fourth-order valence-electron chi connectivity index (χ4n) is 1.88. The Hall–Kier alpha value is -1.82. The summed E-state index contributed by atoms with van der Waals surface area (Å²) in [5, 5.41) is 0. The van der Waals surface area contributed by atoms with Gasteiger partial charge in [-0.2, -0.15) is 0 Å². The van der Waals surface area contributed by atoms with Crippen LogP contribution in [0.3, 0.4) is 0 Å². The maximum Gasteiger partial charge on any atom is 0.120 e. The summed E-state index contributed by atoms with van der Waals surface area (Å²) in [7, 11) is -1.11. The summed E-state index contributed by atoms with van der Waals surface area (Å²) in [6, 6.07) is 5.31. The Bertz CT molecular complexity index is 570. The van der Waals surface area contributed by atoms with Gasteiger partial charge in [-0.3, -0.25) is 4.21 Å². The number of nitrogen functional groups attached to an aromatic ring is 1. The number of nitrogens with zero attached hydrogens (tertiary/aromatic N) is 2. The largest absolute Gasteiger partial charge is 0.494 e. The maximum absolute atomic E-state index is 12.3. The quantitative estimate of drug-likeness (QED) is 0.793. The van der Waals surface area contributed by atoms with Gasteiger partial charge >= 0.3 is 0 Å². The van der Waals surface area contributed by atoms with Crippen LogP contribution >= 0.6 is 0 Å². The molecule has 0 amide bonds. The van der Waals surface area contributed by atoms with Crippen LogP contribution in [0.15, 0.2) is 41.8 Å². The second-order valence-electron chi connectivity index (χ2n) is 4.34. The average Bonchev–Trinajstić information content (AvgIpc) is 2.94. The van der Waals surface area contributed by atoms with E-state index in [-0.39, 0.29) is 0 Å². The Morgan fingerprint density at radius 3 is 3.00 bits per heavy atom. The topological polar surface area (TPSA) is 70.1 Å². The molecule has 0 fully saturated rings. The molecular weight excluding hydrogens is 274 g/mol. The minimum atomic E-state index is -1.11. The molecule has 0 aliphatic carbocycles. The van der Waals surface area contributed by atoms with Crippen LogP contribution in [0.2, 0.25) is 0 Å². The number of rotatable bonds is 7. The highest BCUT2D eigenvalue weighted by Crippen LogP contribution is 2.23. The highest BCUT2D eigenvalue weighted by atomic mass is 32.2. The molecule has 0 bridgehead atoms. The van der Waals surface area contributed by atoms with E-state index in [4.69, 9.17) is 10.5 Å². The normalized spacial score (nSPS) is 12.2. The summed E-state index contributed by atoms with van der Waals surface area (Å²) >= 11 is 0. The van der Waals surface area contributed by atoms with Crippen LogP contribution in [0.5, 0.6) is 5.75 Å². The van der Waals surface area contributed by atoms with Gasteiger partial charge in [0.1, 0.15) is 5.75 Å². The summed E-state index contributed by atoms with van der Waals surface area (Å²) in [6.07, 6.45) is 6.20. The van der Waals surface area contributed by atoms with Crippen LogP contribution in [-0.4, -0.2) is 26.1 Å². The van der Waals surface area contributed by atoms with Gasteiger partial charge in [0.05, 0.1) is 28.6 Å². The smallest absolute Gasteiger partial charge is 0.120 e. The van der Waals surface area contributed by atoms with Crippen LogP contribution in [0.1, 0.15) is 13.3 Å². The Labute approximate surface area is 121 Å². The van der Waals surface area contributed by atoms with Gasteiger partial charge in [-0.1, -0.05) is 0 Å². The monoisotopic (exact) mass is 293 g/mol. The molecule has 0 aliphatic rings. The van der Waals surface area contributed by atoms with E-state index < -0.39 is 10.8 Å². The first kappa shape index (κ1) is 14.6. The molecule has 0 saturated carbocycles. The third kappa shape index (κ3) is 3.84. The second-order valence-corrected chi connectivity index (χ2v) is 5.88. The zero-order valence-corrected chi connectivity index (χ0v) is 12.3. The third-order valence-corrected chi connectivity index (χ3v) is 4.35. The summed E-state index contributed by atoms with van der Waals surface area (Å²) in [4.78, 5) is 4.63. The number of imidazole rings is 1. The predicted molar refractivity (Wildman–Crippen MR) is 80.1 cm³/mol. The van der Waals surface area contributed by atoms with Crippen molar-refractivity contribution in [2.24, 2.45) is 0 Å². The van der Waals surface area contributed by atoms with Gasteiger partial charge in [-0.15, -0.1) is 0 Å². The molecule has 1 atom stereocenters. The van der Waals surface area contributed by atoms with Gasteiger partial charge in [0, 0.05) is 30.4 Å². The van der Waals surface area contributed by atoms with Crippen LogP contribution in [0, 0.1) is 0 Å². The van der Waals surface area contributed by atoms with Crippen LogP contribution in [-0.2, 0) is 17.3 Å². The van der Waals surface area contributed by atoms with Crippen LogP contribution in [0.4, 0.5) is 5.69 Å². The number of hydrogen-bond acceptors (Lipinski definition) is 4. The second kappa shape index (κ2) is 7.09. The zero-order chi connectivity index (χ0) is 14.4. The molecule has 1 aromatic carbocycles. The highest BCUT2D eigenvalue weighted by Gasteiger charge is 2.09. The summed E-state index contributed by atoms with van der Waals surface area (Å²) in [5.41, 5.74) is 6.44. The van der Waals surface area contributed by atoms with Crippen LogP contribution in [0.25, 0.3) is 0 Å². The molecule has 2 aromatic rings. The molecule has 1 aromatic heterocycles. The molecule has 20 heavy (non-hydrogen) atoms. The number of anilines is 1. The van der Waals surface area contributed by atoms with Gasteiger partial charge in [0.15, 0.2) is 0 Å². The Morgan fingerprint density at radius 2 is 2.30 bits per heavy atom. The van der Waals surface area contributed by atoms with E-state index in [2.05, 4.69) is 4.98 Å². The van der Waals surface area contributed by atoms with Gasteiger partial charge in [-0.25, -0.2) is 4.98 Å². The predicted octanol–water partition coefficient (Wildman–Crippen LogP) is 2.06. The Kier molecular flexibility index (Phi) is 5.17. The molecule has 108 valence electrons. The van der Waals surface area contributed by atoms with E-state index >= 15 is 0 Å².